The molecule has 0 spiro atoms. The molecule has 0 unspecified atom stereocenters. The summed E-state index contributed by atoms with van der Waals surface area (Å²) in [6.45, 7) is 2.33. The molecular formula is C6H30Si8. The van der Waals surface area contributed by atoms with Crippen molar-refractivity contribution >= 4 is 70.1 Å². The Balaban J connectivity index is 2.78. The Hall–Kier alpha value is 1.74. The Morgan fingerprint density at radius 3 is 2.29 bits per heavy atom. The first kappa shape index (κ1) is 15.7. The highest BCUT2D eigenvalue weighted by molar-refractivity contribution is 7.64. The minimum Gasteiger partial charge on any atom is -0.0655 e. The molecule has 0 atom stereocenters. The number of unbranched alkanes of at least 4 members (excludes halogenated alkanes) is 3. The van der Waals surface area contributed by atoms with Gasteiger partial charge < -0.3 is 0 Å². The average Bonchev–Trinajstić information content (AvgIpc) is 2.21. The molecule has 0 heterocycles. The third kappa shape index (κ3) is 13.7. The van der Waals surface area contributed by atoms with Gasteiger partial charge in [-0.15, -0.1) is 0 Å². The lowest BCUT2D eigenvalue weighted by Gasteiger charge is -1.98. The van der Waals surface area contributed by atoms with Crippen molar-refractivity contribution in [3.63, 3.8) is 0 Å². The fourth-order valence-electron chi connectivity index (χ4n) is 1.91. The maximum absolute atomic E-state index is 2.33. The summed E-state index contributed by atoms with van der Waals surface area (Å²) in [6.07, 6.45) is 6.17. The second kappa shape index (κ2) is 14.7. The topological polar surface area (TPSA) is 0 Å². The van der Waals surface area contributed by atoms with Crippen LogP contribution in [0.5, 0.6) is 0 Å². The molecule has 86 valence electrons. The first-order valence-electron chi connectivity index (χ1n) is 6.91. The first-order chi connectivity index (χ1) is 6.91. The van der Waals surface area contributed by atoms with Gasteiger partial charge in [0.2, 0.25) is 0 Å². The SMILES string of the molecule is CCCCCC[SiH2][SiH2][SiH2][SiH2][SiH2][SiH2][SiH2][SiH3]. The van der Waals surface area contributed by atoms with E-state index in [1.54, 1.807) is 28.6 Å². The van der Waals surface area contributed by atoms with Crippen LogP contribution >= 0.6 is 0 Å². The van der Waals surface area contributed by atoms with Crippen LogP contribution in [0.2, 0.25) is 6.04 Å². The maximum Gasteiger partial charge on any atom is 0.00464 e. The fourth-order valence-corrected chi connectivity index (χ4v) is 211. The zero-order chi connectivity index (χ0) is 10.5. The van der Waals surface area contributed by atoms with Gasteiger partial charge in [0.1, 0.15) is 0 Å². The zero-order valence-electron chi connectivity index (χ0n) is 10.5. The van der Waals surface area contributed by atoms with Crippen LogP contribution in [-0.4, -0.2) is 70.1 Å². The molecule has 0 aromatic heterocycles. The summed E-state index contributed by atoms with van der Waals surface area (Å²) < 4.78 is 0. The lowest BCUT2D eigenvalue weighted by Crippen LogP contribution is -2.28. The summed E-state index contributed by atoms with van der Waals surface area (Å²) in [5.41, 5.74) is 0. The van der Waals surface area contributed by atoms with Crippen molar-refractivity contribution in [3.8, 4) is 0 Å². The normalized spacial score (nSPS) is 16.9. The first-order valence-corrected chi connectivity index (χ1v) is 37.6. The van der Waals surface area contributed by atoms with E-state index in [4.69, 9.17) is 0 Å². The third-order valence-corrected chi connectivity index (χ3v) is 120. The summed E-state index contributed by atoms with van der Waals surface area (Å²) in [4.78, 5) is 0. The van der Waals surface area contributed by atoms with E-state index in [2.05, 4.69) is 6.92 Å². The predicted molar refractivity (Wildman–Crippen MR) is 98.7 cm³/mol. The van der Waals surface area contributed by atoms with Gasteiger partial charge in [-0.3, -0.25) is 0 Å². The highest BCUT2D eigenvalue weighted by atomic mass is 30.0. The summed E-state index contributed by atoms with van der Waals surface area (Å²) in [5, 5.41) is 0. The minimum atomic E-state index is 0.642. The van der Waals surface area contributed by atoms with Gasteiger partial charge in [0.15, 0.2) is 0 Å². The van der Waals surface area contributed by atoms with Crippen LogP contribution in [0.15, 0.2) is 0 Å². The van der Waals surface area contributed by atoms with E-state index in [1.165, 1.54) is 12.8 Å². The van der Waals surface area contributed by atoms with Crippen LogP contribution in [0.3, 0.4) is 0 Å². The van der Waals surface area contributed by atoms with Crippen LogP contribution in [0.25, 0.3) is 0 Å². The minimum absolute atomic E-state index is 0.642. The molecule has 0 amide bonds. The van der Waals surface area contributed by atoms with Crippen molar-refractivity contribution < 1.29 is 0 Å². The Morgan fingerprint density at radius 2 is 1.57 bits per heavy atom. The second-order valence-corrected chi connectivity index (χ2v) is 67.0. The second-order valence-electron chi connectivity index (χ2n) is 4.54. The third-order valence-electron chi connectivity index (χ3n) is 2.96. The van der Waals surface area contributed by atoms with Crippen molar-refractivity contribution in [1.29, 1.82) is 0 Å². The van der Waals surface area contributed by atoms with Crippen molar-refractivity contribution in [1.82, 2.24) is 0 Å². The van der Waals surface area contributed by atoms with E-state index >= 15 is 0 Å². The van der Waals surface area contributed by atoms with E-state index in [9.17, 15) is 0 Å². The molecule has 0 aliphatic rings. The summed E-state index contributed by atoms with van der Waals surface area (Å²) >= 11 is 0. The Kier molecular flexibility index (Phi) is 16.6. The van der Waals surface area contributed by atoms with Crippen molar-refractivity contribution in [3.05, 3.63) is 0 Å². The van der Waals surface area contributed by atoms with Crippen LogP contribution in [-0.2, 0) is 0 Å². The molecule has 0 aromatic rings. The predicted octanol–water partition coefficient (Wildman–Crippen LogP) is -5.06. The van der Waals surface area contributed by atoms with Gasteiger partial charge in [-0.05, 0) is 61.1 Å². The van der Waals surface area contributed by atoms with E-state index < -0.39 is 0 Å². The van der Waals surface area contributed by atoms with Crippen molar-refractivity contribution in [2.24, 2.45) is 0 Å². The van der Waals surface area contributed by atoms with E-state index in [1.807, 2.05) is 0 Å². The van der Waals surface area contributed by atoms with Crippen LogP contribution in [0.1, 0.15) is 32.6 Å². The zero-order valence-corrected chi connectivity index (χ0v) is 22.4. The van der Waals surface area contributed by atoms with Gasteiger partial charge in [0.05, 0.1) is 0 Å². The van der Waals surface area contributed by atoms with Crippen LogP contribution < -0.4 is 0 Å². The number of hydrogen-bond acceptors (Lipinski definition) is 0. The van der Waals surface area contributed by atoms with Crippen LogP contribution in [0.4, 0.5) is 0 Å². The Labute approximate surface area is 108 Å². The molecule has 0 saturated carbocycles. The molecule has 0 nitrogen and oxygen atoms in total. The maximum atomic E-state index is 2.33. The molecule has 0 aliphatic carbocycles. The molecule has 8 heteroatoms. The molecular weight excluding hydrogens is 297 g/mol. The van der Waals surface area contributed by atoms with Crippen LogP contribution in [0, 0.1) is 0 Å². The molecule has 0 bridgehead atoms. The van der Waals surface area contributed by atoms with Gasteiger partial charge in [0.25, 0.3) is 0 Å². The fraction of sp³-hybridized carbons (Fsp3) is 1.00. The molecule has 0 fully saturated rings. The van der Waals surface area contributed by atoms with Crippen molar-refractivity contribution in [2.45, 2.75) is 38.7 Å². The van der Waals surface area contributed by atoms with E-state index in [-0.39, 0.29) is 0 Å². The molecule has 14 heavy (non-hydrogen) atoms. The Bertz CT molecular complexity index is 87.8. The quantitative estimate of drug-likeness (QED) is 0.263. The monoisotopic (exact) mass is 326 g/mol. The lowest BCUT2D eigenvalue weighted by atomic mass is 10.2. The molecule has 0 aliphatic heterocycles. The standard InChI is InChI=1S/C6H30Si8/c1-2-3-4-5-6-8-10-12-14-13-11-9-7/h2-6,8-14H2,1,7H3. The van der Waals surface area contributed by atoms with Gasteiger partial charge in [-0.1, -0.05) is 38.7 Å². The van der Waals surface area contributed by atoms with Gasteiger partial charge >= 0.3 is 0 Å². The largest absolute Gasteiger partial charge is 0.0655 e. The van der Waals surface area contributed by atoms with Crippen molar-refractivity contribution in [2.75, 3.05) is 0 Å². The highest BCUT2D eigenvalue weighted by Crippen LogP contribution is 2.01. The van der Waals surface area contributed by atoms with Gasteiger partial charge in [-0.25, -0.2) is 0 Å². The lowest BCUT2D eigenvalue weighted by molar-refractivity contribution is 0.701. The highest BCUT2D eigenvalue weighted by Gasteiger charge is 1.94. The average molecular weight is 327 g/mol. The molecule has 0 N–H and O–H groups in total. The summed E-state index contributed by atoms with van der Waals surface area (Å²) in [7, 11) is 7.28. The number of hydrogen-bond donors (Lipinski definition) is 0. The van der Waals surface area contributed by atoms with Gasteiger partial charge in [0, 0.05) is 9.04 Å². The molecule has 0 saturated heterocycles. The van der Waals surface area contributed by atoms with Gasteiger partial charge in [-0.2, -0.15) is 0 Å². The van der Waals surface area contributed by atoms with E-state index in [0.717, 1.165) is 51.3 Å². The number of rotatable bonds is 11. The molecule has 0 aromatic carbocycles. The summed E-state index contributed by atoms with van der Waals surface area (Å²) in [5.74, 6) is 0. The Morgan fingerprint density at radius 1 is 0.857 bits per heavy atom. The summed E-state index contributed by atoms with van der Waals surface area (Å²) in [6, 6.07) is 1.78. The molecule has 0 rings (SSSR count). The van der Waals surface area contributed by atoms with E-state index in [0.29, 0.717) is 9.04 Å². The molecule has 0 radical (unpaired) electrons. The smallest absolute Gasteiger partial charge is 0.00464 e.